The van der Waals surface area contributed by atoms with Gasteiger partial charge in [-0.3, -0.25) is 10.2 Å². The predicted molar refractivity (Wildman–Crippen MR) is 185 cm³/mol. The van der Waals surface area contributed by atoms with E-state index in [1.54, 1.807) is 59.5 Å². The van der Waals surface area contributed by atoms with E-state index in [1.807, 2.05) is 0 Å². The molecular formula is C34H40Cl2N6O4S. The van der Waals surface area contributed by atoms with Crippen LogP contribution in [0.15, 0.2) is 71.6 Å². The fourth-order valence-corrected chi connectivity index (χ4v) is 7.97. The minimum absolute atomic E-state index is 0.0248. The summed E-state index contributed by atoms with van der Waals surface area (Å²) in [5, 5.41) is 14.8. The van der Waals surface area contributed by atoms with E-state index in [1.165, 1.54) is 18.6 Å². The number of nitrogen functional groups attached to an aromatic ring is 1. The van der Waals surface area contributed by atoms with Crippen molar-refractivity contribution >= 4 is 51.4 Å². The van der Waals surface area contributed by atoms with E-state index < -0.39 is 16.4 Å². The number of hydrogen-bond donors (Lipinski definition) is 5. The van der Waals surface area contributed by atoms with Crippen molar-refractivity contribution < 1.29 is 18.4 Å². The number of sulfonamides is 1. The maximum atomic E-state index is 14.0. The summed E-state index contributed by atoms with van der Waals surface area (Å²) >= 11 is 12.5. The molecule has 3 aromatic rings. The van der Waals surface area contributed by atoms with E-state index in [9.17, 15) is 18.4 Å². The van der Waals surface area contributed by atoms with Crippen molar-refractivity contribution in [3.8, 4) is 11.1 Å². The summed E-state index contributed by atoms with van der Waals surface area (Å²) in [6.07, 6.45) is 6.58. The van der Waals surface area contributed by atoms with E-state index >= 15 is 0 Å². The van der Waals surface area contributed by atoms with Gasteiger partial charge in [0.25, 0.3) is 0 Å². The summed E-state index contributed by atoms with van der Waals surface area (Å²) in [7, 11) is -4.18. The molecule has 5 rings (SSSR count). The van der Waals surface area contributed by atoms with Gasteiger partial charge in [-0.1, -0.05) is 83.1 Å². The van der Waals surface area contributed by atoms with Crippen LogP contribution in [0.3, 0.4) is 0 Å². The van der Waals surface area contributed by atoms with Crippen LogP contribution in [0.5, 0.6) is 0 Å². The molecule has 1 heterocycles. The molecular weight excluding hydrogens is 659 g/mol. The van der Waals surface area contributed by atoms with Gasteiger partial charge in [0, 0.05) is 58.8 Å². The second-order valence-corrected chi connectivity index (χ2v) is 14.8. The first-order valence-electron chi connectivity index (χ1n) is 15.9. The summed E-state index contributed by atoms with van der Waals surface area (Å²) < 4.78 is 30.3. The number of likely N-dealkylation sites (tertiary alicyclic amines) is 1. The molecule has 3 amide bonds. The molecule has 1 unspecified atom stereocenters. The Bertz CT molecular complexity index is 1660. The Morgan fingerprint density at radius 2 is 1.62 bits per heavy atom. The highest BCUT2D eigenvalue weighted by atomic mass is 35.5. The maximum Gasteiger partial charge on any atom is 0.315 e. The highest BCUT2D eigenvalue weighted by Gasteiger charge is 2.35. The van der Waals surface area contributed by atoms with Crippen LogP contribution in [-0.4, -0.2) is 58.4 Å². The molecule has 0 radical (unpaired) electrons. The number of nitrogens with two attached hydrogens (primary N) is 1. The van der Waals surface area contributed by atoms with E-state index in [0.29, 0.717) is 58.2 Å². The van der Waals surface area contributed by atoms with Crippen LogP contribution in [0.25, 0.3) is 11.1 Å². The summed E-state index contributed by atoms with van der Waals surface area (Å²) in [6.45, 7) is 0.729. The summed E-state index contributed by atoms with van der Waals surface area (Å²) in [5.41, 5.74) is 8.01. The van der Waals surface area contributed by atoms with E-state index in [-0.39, 0.29) is 41.2 Å². The lowest BCUT2D eigenvalue weighted by Crippen LogP contribution is -2.55. The van der Waals surface area contributed by atoms with Crippen molar-refractivity contribution in [3.63, 3.8) is 0 Å². The Balaban J connectivity index is 1.31. The number of hydrogen-bond acceptors (Lipinski definition) is 5. The molecule has 2 aliphatic rings. The van der Waals surface area contributed by atoms with Crippen molar-refractivity contribution in [2.45, 2.75) is 74.4 Å². The van der Waals surface area contributed by atoms with Gasteiger partial charge in [0.05, 0.1) is 0 Å². The van der Waals surface area contributed by atoms with Crippen molar-refractivity contribution in [2.24, 2.45) is 5.73 Å². The number of amidine groups is 1. The molecule has 13 heteroatoms. The van der Waals surface area contributed by atoms with E-state index in [2.05, 4.69) is 15.4 Å². The zero-order chi connectivity index (χ0) is 33.6. The standard InChI is InChI=1S/C34H40Cl2N6O4S/c35-25-12-13-29(30(36)21-25)23-7-5-11-28(20-23)47(45,46)41-31(19-22-6-4-8-24(18-22)32(37)38)33(43)42-16-14-27(15-17-42)40-34(44)39-26-9-2-1-3-10-26/h4-8,11-13,18,20-21,26-27,31H,1-3,9-10,14-17,19H2,(H6-,37,38,39,40,41,44,45,46)/t31-/m1/s1. The van der Waals surface area contributed by atoms with E-state index in [4.69, 9.17) is 34.3 Å². The zero-order valence-electron chi connectivity index (χ0n) is 26.0. The topological polar surface area (TPSA) is 163 Å². The third-order valence-electron chi connectivity index (χ3n) is 8.74. The third kappa shape index (κ3) is 9.33. The monoisotopic (exact) mass is 698 g/mol. The molecule has 1 saturated carbocycles. The Hall–Kier alpha value is -3.48. The number of nitrogens with zero attached hydrogens (tertiary/aromatic N) is 1. The zero-order valence-corrected chi connectivity index (χ0v) is 28.3. The van der Waals surface area contributed by atoms with Gasteiger partial charge in [0.1, 0.15) is 11.9 Å². The fourth-order valence-electron chi connectivity index (χ4n) is 6.21. The van der Waals surface area contributed by atoms with Crippen LogP contribution in [0.1, 0.15) is 56.1 Å². The third-order valence-corrected chi connectivity index (χ3v) is 10.8. The number of halogens is 2. The molecule has 0 aromatic heterocycles. The fraction of sp³-hybridized carbons (Fsp3) is 0.382. The molecule has 2 fully saturated rings. The lowest BCUT2D eigenvalue weighted by molar-refractivity contribution is -0.134. The van der Waals surface area contributed by atoms with Crippen molar-refractivity contribution in [1.82, 2.24) is 20.3 Å². The minimum atomic E-state index is -4.18. The molecule has 2 atom stereocenters. The summed E-state index contributed by atoms with van der Waals surface area (Å²) in [5.74, 6) is -0.501. The first kappa shape index (κ1) is 34.8. The predicted octanol–water partition coefficient (Wildman–Crippen LogP) is 5.67. The molecule has 6 N–H and O–H groups in total. The number of nitrogens with one attached hydrogen (secondary N) is 4. The van der Waals surface area contributed by atoms with E-state index in [0.717, 1.165) is 25.7 Å². The lowest BCUT2D eigenvalue weighted by atomic mass is 9.96. The molecule has 1 saturated heterocycles. The molecule has 1 aliphatic heterocycles. The number of benzene rings is 3. The molecule has 47 heavy (non-hydrogen) atoms. The number of amides is 3. The largest absolute Gasteiger partial charge is 0.593 e. The van der Waals surface area contributed by atoms with Crippen molar-refractivity contribution in [2.75, 3.05) is 13.1 Å². The normalized spacial score (nSPS) is 17.8. The van der Waals surface area contributed by atoms with Gasteiger partial charge < -0.3 is 25.8 Å². The summed E-state index contributed by atoms with van der Waals surface area (Å²) in [4.78, 5) is 28.2. The molecule has 10 nitrogen and oxygen atoms in total. The van der Waals surface area contributed by atoms with Gasteiger partial charge in [0.15, 0.2) is 15.3 Å². The molecule has 0 bridgehead atoms. The molecule has 1 aliphatic carbocycles. The average molecular weight is 700 g/mol. The van der Waals surface area contributed by atoms with Crippen molar-refractivity contribution in [3.05, 3.63) is 87.9 Å². The highest BCUT2D eigenvalue weighted by Crippen LogP contribution is 2.32. The van der Waals surface area contributed by atoms with Crippen LogP contribution < -0.4 is 21.1 Å². The van der Waals surface area contributed by atoms with Crippen LogP contribution in [-0.2, 0) is 25.8 Å². The Morgan fingerprint density at radius 1 is 0.936 bits per heavy atom. The van der Waals surface area contributed by atoms with Crippen LogP contribution in [0.2, 0.25) is 10.0 Å². The van der Waals surface area contributed by atoms with Crippen molar-refractivity contribution in [1.29, 1.82) is 5.41 Å². The molecule has 0 spiro atoms. The second-order valence-electron chi connectivity index (χ2n) is 12.2. The van der Waals surface area contributed by atoms with Gasteiger partial charge in [-0.2, -0.15) is 0 Å². The number of rotatable bonds is 10. The van der Waals surface area contributed by atoms with Crippen LogP contribution in [0.4, 0.5) is 4.79 Å². The van der Waals surface area contributed by atoms with Gasteiger partial charge in [-0.15, -0.1) is 4.72 Å². The quantitative estimate of drug-likeness (QED) is 0.104. The Labute approximate surface area is 286 Å². The average Bonchev–Trinajstić information content (AvgIpc) is 3.05. The van der Waals surface area contributed by atoms with Gasteiger partial charge in [-0.05, 0) is 61.1 Å². The van der Waals surface area contributed by atoms with Gasteiger partial charge >= 0.3 is 6.03 Å². The molecule has 3 aromatic carbocycles. The SMILES string of the molecule is N=C(N)c1cccc(C[C@@H](N[S+](=O)([O-])c2cccc(-c3ccc(Cl)cc3Cl)c2)C(=O)N2CCC(NC(=O)NC3CCCCC3)CC2)c1. The van der Waals surface area contributed by atoms with Crippen LogP contribution in [0, 0.1) is 5.41 Å². The number of carbonyl (C=O) groups is 2. The molecule has 250 valence electrons. The Kier molecular flexibility index (Phi) is 11.6. The lowest BCUT2D eigenvalue weighted by Gasteiger charge is -2.35. The second kappa shape index (κ2) is 15.6. The van der Waals surface area contributed by atoms with Crippen LogP contribution >= 0.6 is 23.2 Å². The number of piperidine rings is 1. The highest BCUT2D eigenvalue weighted by molar-refractivity contribution is 7.95. The minimum Gasteiger partial charge on any atom is -0.593 e. The Morgan fingerprint density at radius 3 is 2.30 bits per heavy atom. The first-order valence-corrected chi connectivity index (χ1v) is 18.1. The summed E-state index contributed by atoms with van der Waals surface area (Å²) in [6, 6.07) is 17.0. The smallest absolute Gasteiger partial charge is 0.315 e. The number of urea groups is 1. The van der Waals surface area contributed by atoms with Gasteiger partial charge in [0.2, 0.25) is 5.91 Å². The van der Waals surface area contributed by atoms with Gasteiger partial charge in [-0.25, -0.2) is 4.79 Å². The maximum absolute atomic E-state index is 14.0. The number of carbonyl (C=O) groups excluding carboxylic acids is 2. The first-order chi connectivity index (χ1) is 22.5.